The lowest BCUT2D eigenvalue weighted by molar-refractivity contribution is 0.146. The number of ether oxygens (including phenoxy) is 1. The van der Waals surface area contributed by atoms with E-state index in [1.807, 2.05) is 19.2 Å². The van der Waals surface area contributed by atoms with Crippen molar-refractivity contribution in [2.75, 3.05) is 27.3 Å². The van der Waals surface area contributed by atoms with Gasteiger partial charge in [0, 0.05) is 19.1 Å². The Bertz CT molecular complexity index is 333. The van der Waals surface area contributed by atoms with E-state index < -0.39 is 6.10 Å². The predicted molar refractivity (Wildman–Crippen MR) is 70.2 cm³/mol. The molecule has 3 heteroatoms. The van der Waals surface area contributed by atoms with Gasteiger partial charge in [-0.25, -0.2) is 0 Å². The molecule has 0 saturated carbocycles. The number of hydrogen-bond donors (Lipinski definition) is 2. The van der Waals surface area contributed by atoms with Crippen molar-refractivity contribution in [2.24, 2.45) is 0 Å². The third-order valence-electron chi connectivity index (χ3n) is 2.98. The first kappa shape index (κ1) is 14.2. The van der Waals surface area contributed by atoms with Crippen LogP contribution in [0.2, 0.25) is 0 Å². The van der Waals surface area contributed by atoms with Crippen LogP contribution < -0.4 is 5.32 Å². The van der Waals surface area contributed by atoms with Crippen LogP contribution in [0.3, 0.4) is 0 Å². The van der Waals surface area contributed by atoms with Crippen molar-refractivity contribution < 1.29 is 9.84 Å². The highest BCUT2D eigenvalue weighted by atomic mass is 16.5. The van der Waals surface area contributed by atoms with E-state index in [4.69, 9.17) is 4.74 Å². The van der Waals surface area contributed by atoms with E-state index in [0.29, 0.717) is 13.2 Å². The first-order chi connectivity index (χ1) is 8.01. The van der Waals surface area contributed by atoms with Gasteiger partial charge >= 0.3 is 0 Å². The van der Waals surface area contributed by atoms with Crippen molar-refractivity contribution >= 4 is 0 Å². The first-order valence-corrected chi connectivity index (χ1v) is 5.93. The quantitative estimate of drug-likeness (QED) is 0.793. The van der Waals surface area contributed by atoms with Crippen LogP contribution in [0.5, 0.6) is 0 Å². The second-order valence-electron chi connectivity index (χ2n) is 5.01. The van der Waals surface area contributed by atoms with Crippen LogP contribution in [0, 0.1) is 0 Å². The average Bonchev–Trinajstić information content (AvgIpc) is 2.29. The Balaban J connectivity index is 2.80. The third-order valence-corrected chi connectivity index (χ3v) is 2.98. The summed E-state index contributed by atoms with van der Waals surface area (Å²) in [5, 5.41) is 12.8. The van der Waals surface area contributed by atoms with Crippen molar-refractivity contribution in [2.45, 2.75) is 25.4 Å². The molecule has 1 rings (SSSR count). The van der Waals surface area contributed by atoms with Gasteiger partial charge in [-0.2, -0.15) is 0 Å². The number of aliphatic hydroxyl groups is 1. The molecular formula is C14H23NO2. The van der Waals surface area contributed by atoms with Gasteiger partial charge in [-0.1, -0.05) is 38.1 Å². The number of aliphatic hydroxyl groups excluding tert-OH is 1. The molecule has 0 spiro atoms. The minimum absolute atomic E-state index is 0.00123. The van der Waals surface area contributed by atoms with E-state index in [1.165, 1.54) is 5.56 Å². The van der Waals surface area contributed by atoms with Crippen molar-refractivity contribution in [3.63, 3.8) is 0 Å². The summed E-state index contributed by atoms with van der Waals surface area (Å²) >= 11 is 0. The molecule has 1 aromatic rings. The van der Waals surface area contributed by atoms with Crippen LogP contribution in [0.25, 0.3) is 0 Å². The lowest BCUT2D eigenvalue weighted by Gasteiger charge is -2.24. The molecule has 2 N–H and O–H groups in total. The molecule has 0 amide bonds. The van der Waals surface area contributed by atoms with Gasteiger partial charge < -0.3 is 15.2 Å². The van der Waals surface area contributed by atoms with Gasteiger partial charge in [0.1, 0.15) is 0 Å². The lowest BCUT2D eigenvalue weighted by atomic mass is 9.85. The number of likely N-dealkylation sites (N-methyl/N-ethyl adjacent to an activating group) is 1. The third kappa shape index (κ3) is 3.80. The number of rotatable bonds is 6. The van der Waals surface area contributed by atoms with Crippen LogP contribution in [0.1, 0.15) is 31.1 Å². The smallest absolute Gasteiger partial charge is 0.0914 e. The summed E-state index contributed by atoms with van der Waals surface area (Å²) in [6.07, 6.45) is -0.445. The predicted octanol–water partition coefficient (Wildman–Crippen LogP) is 1.86. The molecule has 0 fully saturated rings. The van der Waals surface area contributed by atoms with Gasteiger partial charge in [0.15, 0.2) is 0 Å². The van der Waals surface area contributed by atoms with E-state index >= 15 is 0 Å². The summed E-state index contributed by atoms with van der Waals surface area (Å²) in [4.78, 5) is 0. The van der Waals surface area contributed by atoms with Crippen LogP contribution in [-0.2, 0) is 10.2 Å². The van der Waals surface area contributed by atoms with E-state index in [1.54, 1.807) is 7.11 Å². The number of hydrogen-bond acceptors (Lipinski definition) is 3. The average molecular weight is 237 g/mol. The van der Waals surface area contributed by atoms with Crippen molar-refractivity contribution in [1.29, 1.82) is 0 Å². The Morgan fingerprint density at radius 1 is 1.29 bits per heavy atom. The summed E-state index contributed by atoms with van der Waals surface area (Å²) in [5.74, 6) is 0. The zero-order valence-electron chi connectivity index (χ0n) is 11.2. The standard InChI is InChI=1S/C14H23NO2/c1-14(2,10-17-4)12-7-5-11(6-8-12)13(16)9-15-3/h5-8,13,15-16H,9-10H2,1-4H3. The highest BCUT2D eigenvalue weighted by molar-refractivity contribution is 5.29. The zero-order valence-corrected chi connectivity index (χ0v) is 11.2. The topological polar surface area (TPSA) is 41.5 Å². The Morgan fingerprint density at radius 2 is 1.88 bits per heavy atom. The molecule has 1 atom stereocenters. The first-order valence-electron chi connectivity index (χ1n) is 5.93. The Labute approximate surface area is 104 Å². The molecule has 0 radical (unpaired) electrons. The summed E-state index contributed by atoms with van der Waals surface area (Å²) in [6.45, 7) is 5.55. The van der Waals surface area contributed by atoms with Crippen LogP contribution in [0.4, 0.5) is 0 Å². The maximum atomic E-state index is 9.83. The number of methoxy groups -OCH3 is 1. The number of nitrogens with one attached hydrogen (secondary N) is 1. The normalized spacial score (nSPS) is 13.7. The van der Waals surface area contributed by atoms with Gasteiger partial charge in [0.2, 0.25) is 0 Å². The maximum absolute atomic E-state index is 9.83. The van der Waals surface area contributed by atoms with E-state index in [0.717, 1.165) is 5.56 Å². The minimum atomic E-state index is -0.445. The maximum Gasteiger partial charge on any atom is 0.0914 e. The molecule has 0 aliphatic heterocycles. The second kappa shape index (κ2) is 6.15. The molecule has 0 aliphatic carbocycles. The minimum Gasteiger partial charge on any atom is -0.387 e. The van der Waals surface area contributed by atoms with E-state index in [2.05, 4.69) is 31.3 Å². The molecule has 3 nitrogen and oxygen atoms in total. The monoisotopic (exact) mass is 237 g/mol. The summed E-state index contributed by atoms with van der Waals surface area (Å²) in [6, 6.07) is 8.09. The van der Waals surface area contributed by atoms with Crippen molar-refractivity contribution in [3.8, 4) is 0 Å². The summed E-state index contributed by atoms with van der Waals surface area (Å²) < 4.78 is 5.22. The molecule has 17 heavy (non-hydrogen) atoms. The van der Waals surface area contributed by atoms with E-state index in [-0.39, 0.29) is 5.41 Å². The van der Waals surface area contributed by atoms with Crippen molar-refractivity contribution in [3.05, 3.63) is 35.4 Å². The summed E-state index contributed by atoms with van der Waals surface area (Å²) in [7, 11) is 3.55. The van der Waals surface area contributed by atoms with Crippen LogP contribution in [-0.4, -0.2) is 32.4 Å². The molecule has 1 aromatic carbocycles. The molecule has 1 unspecified atom stereocenters. The molecule has 0 aliphatic rings. The largest absolute Gasteiger partial charge is 0.387 e. The molecule has 96 valence electrons. The fourth-order valence-electron chi connectivity index (χ4n) is 1.91. The Hall–Kier alpha value is -0.900. The van der Waals surface area contributed by atoms with Gasteiger partial charge in [0.25, 0.3) is 0 Å². The lowest BCUT2D eigenvalue weighted by Crippen LogP contribution is -2.23. The highest BCUT2D eigenvalue weighted by Crippen LogP contribution is 2.24. The molecule has 0 saturated heterocycles. The fraction of sp³-hybridized carbons (Fsp3) is 0.571. The molecule has 0 bridgehead atoms. The van der Waals surface area contributed by atoms with Crippen molar-refractivity contribution in [1.82, 2.24) is 5.32 Å². The van der Waals surface area contributed by atoms with Gasteiger partial charge in [-0.15, -0.1) is 0 Å². The molecule has 0 aromatic heterocycles. The second-order valence-corrected chi connectivity index (χ2v) is 5.01. The highest BCUT2D eigenvalue weighted by Gasteiger charge is 2.20. The Kier molecular flexibility index (Phi) is 5.12. The summed E-state index contributed by atoms with van der Waals surface area (Å²) in [5.41, 5.74) is 2.16. The zero-order chi connectivity index (χ0) is 12.9. The van der Waals surface area contributed by atoms with Crippen LogP contribution in [0.15, 0.2) is 24.3 Å². The van der Waals surface area contributed by atoms with Crippen LogP contribution >= 0.6 is 0 Å². The SMILES string of the molecule is CNCC(O)c1ccc(C(C)(C)COC)cc1. The van der Waals surface area contributed by atoms with Gasteiger partial charge in [-0.3, -0.25) is 0 Å². The molecule has 0 heterocycles. The number of benzene rings is 1. The molecular weight excluding hydrogens is 214 g/mol. The Morgan fingerprint density at radius 3 is 2.35 bits per heavy atom. The van der Waals surface area contributed by atoms with E-state index in [9.17, 15) is 5.11 Å². The fourth-order valence-corrected chi connectivity index (χ4v) is 1.91. The van der Waals surface area contributed by atoms with Gasteiger partial charge in [0.05, 0.1) is 12.7 Å². The van der Waals surface area contributed by atoms with Gasteiger partial charge in [-0.05, 0) is 18.2 Å².